The Kier molecular flexibility index (Phi) is 9.77. The molecule has 1 rings (SSSR count). The van der Waals surface area contributed by atoms with Crippen molar-refractivity contribution in [1.29, 1.82) is 0 Å². The topological polar surface area (TPSA) is 66.2 Å². The summed E-state index contributed by atoms with van der Waals surface area (Å²) in [5, 5.41) is 13.3. The van der Waals surface area contributed by atoms with Gasteiger partial charge in [-0.2, -0.15) is 0 Å². The molecule has 0 aromatic heterocycles. The summed E-state index contributed by atoms with van der Waals surface area (Å²) in [7, 11) is 1.65. The lowest BCUT2D eigenvalue weighted by Gasteiger charge is -2.11. The van der Waals surface area contributed by atoms with Crippen molar-refractivity contribution in [1.82, 2.24) is 5.32 Å². The van der Waals surface area contributed by atoms with Crippen LogP contribution in [0.25, 0.3) is 5.70 Å². The fourth-order valence-electron chi connectivity index (χ4n) is 2.27. The van der Waals surface area contributed by atoms with E-state index in [0.29, 0.717) is 16.8 Å². The van der Waals surface area contributed by atoms with Gasteiger partial charge in [0.1, 0.15) is 11.6 Å². The Morgan fingerprint density at radius 1 is 1.23 bits per heavy atom. The molecule has 0 bridgehead atoms. The zero-order valence-electron chi connectivity index (χ0n) is 17.2. The number of ether oxygens (including phenoxy) is 1. The SMILES string of the molecule is C=C/C(=C\C=C(C)C)C(O)CN=C(C=C(NC)c1ccc(OC(F)(F)F)cc1)N=C. The Morgan fingerprint density at radius 3 is 2.33 bits per heavy atom. The molecule has 0 aliphatic carbocycles. The van der Waals surface area contributed by atoms with Crippen molar-refractivity contribution in [2.45, 2.75) is 26.3 Å². The number of rotatable bonds is 9. The number of hydrogen-bond donors (Lipinski definition) is 2. The smallest absolute Gasteiger partial charge is 0.406 e. The third-order valence-electron chi connectivity index (χ3n) is 3.76. The predicted octanol–water partition coefficient (Wildman–Crippen LogP) is 4.68. The molecule has 5 nitrogen and oxygen atoms in total. The number of aliphatic hydroxyl groups excluding tert-OH is 1. The van der Waals surface area contributed by atoms with Crippen molar-refractivity contribution in [2.75, 3.05) is 13.6 Å². The van der Waals surface area contributed by atoms with Crippen molar-refractivity contribution in [3.05, 3.63) is 71.9 Å². The molecule has 8 heteroatoms. The molecular weight excluding hydrogens is 395 g/mol. The summed E-state index contributed by atoms with van der Waals surface area (Å²) in [6, 6.07) is 5.36. The summed E-state index contributed by atoms with van der Waals surface area (Å²) >= 11 is 0. The molecule has 1 unspecified atom stereocenters. The van der Waals surface area contributed by atoms with Crippen LogP contribution >= 0.6 is 0 Å². The van der Waals surface area contributed by atoms with Crippen molar-refractivity contribution < 1.29 is 23.0 Å². The van der Waals surface area contributed by atoms with E-state index in [-0.39, 0.29) is 18.1 Å². The molecule has 0 saturated heterocycles. The molecule has 162 valence electrons. The van der Waals surface area contributed by atoms with Gasteiger partial charge in [0.15, 0.2) is 0 Å². The van der Waals surface area contributed by atoms with Crippen LogP contribution in [0.3, 0.4) is 0 Å². The van der Waals surface area contributed by atoms with E-state index < -0.39 is 12.5 Å². The largest absolute Gasteiger partial charge is 0.573 e. The highest BCUT2D eigenvalue weighted by molar-refractivity contribution is 6.01. The quantitative estimate of drug-likeness (QED) is 0.346. The van der Waals surface area contributed by atoms with E-state index in [9.17, 15) is 18.3 Å². The van der Waals surface area contributed by atoms with Crippen molar-refractivity contribution in [2.24, 2.45) is 9.98 Å². The summed E-state index contributed by atoms with van der Waals surface area (Å²) in [6.07, 6.45) is 1.14. The van der Waals surface area contributed by atoms with Gasteiger partial charge in [0.05, 0.1) is 12.6 Å². The minimum Gasteiger partial charge on any atom is -0.406 e. The Labute approximate surface area is 174 Å². The zero-order valence-corrected chi connectivity index (χ0v) is 17.2. The summed E-state index contributed by atoms with van der Waals surface area (Å²) in [5.41, 5.74) is 2.84. The molecule has 0 fully saturated rings. The van der Waals surface area contributed by atoms with E-state index in [1.54, 1.807) is 25.3 Å². The molecule has 1 aromatic carbocycles. The van der Waals surface area contributed by atoms with Crippen molar-refractivity contribution in [3.8, 4) is 5.75 Å². The second kappa shape index (κ2) is 11.8. The third-order valence-corrected chi connectivity index (χ3v) is 3.76. The number of aliphatic hydroxyl groups is 1. The van der Waals surface area contributed by atoms with E-state index in [1.807, 2.05) is 19.9 Å². The Balaban J connectivity index is 3.02. The van der Waals surface area contributed by atoms with Gasteiger partial charge < -0.3 is 15.2 Å². The summed E-state index contributed by atoms with van der Waals surface area (Å²) < 4.78 is 40.7. The number of hydrogen-bond acceptors (Lipinski definition) is 4. The molecule has 0 heterocycles. The number of amidine groups is 1. The van der Waals surface area contributed by atoms with Gasteiger partial charge in [0, 0.05) is 18.8 Å². The average molecular weight is 421 g/mol. The first-order valence-electron chi connectivity index (χ1n) is 9.02. The maximum absolute atomic E-state index is 12.3. The van der Waals surface area contributed by atoms with E-state index in [4.69, 9.17) is 0 Å². The molecular formula is C22H26F3N3O2. The molecule has 30 heavy (non-hydrogen) atoms. The molecule has 0 saturated carbocycles. The van der Waals surface area contributed by atoms with E-state index >= 15 is 0 Å². The lowest BCUT2D eigenvalue weighted by atomic mass is 10.1. The van der Waals surface area contributed by atoms with Crippen LogP contribution in [-0.4, -0.2) is 43.7 Å². The van der Waals surface area contributed by atoms with Crippen molar-refractivity contribution >= 4 is 18.3 Å². The summed E-state index contributed by atoms with van der Waals surface area (Å²) in [6.45, 7) is 11.1. The predicted molar refractivity (Wildman–Crippen MR) is 116 cm³/mol. The second-order valence-corrected chi connectivity index (χ2v) is 6.37. The van der Waals surface area contributed by atoms with E-state index in [2.05, 4.69) is 33.3 Å². The lowest BCUT2D eigenvalue weighted by Crippen LogP contribution is -2.17. The molecule has 0 aliphatic rings. The summed E-state index contributed by atoms with van der Waals surface area (Å²) in [4.78, 5) is 8.10. The van der Waals surface area contributed by atoms with Gasteiger partial charge in [-0.25, -0.2) is 4.99 Å². The van der Waals surface area contributed by atoms with E-state index in [1.165, 1.54) is 24.3 Å². The average Bonchev–Trinajstić information content (AvgIpc) is 2.68. The van der Waals surface area contributed by atoms with Crippen molar-refractivity contribution in [3.63, 3.8) is 0 Å². The highest BCUT2D eigenvalue weighted by Crippen LogP contribution is 2.24. The monoisotopic (exact) mass is 421 g/mol. The van der Waals surface area contributed by atoms with Gasteiger partial charge >= 0.3 is 6.36 Å². The first-order chi connectivity index (χ1) is 14.1. The molecule has 0 radical (unpaired) electrons. The van der Waals surface area contributed by atoms with Gasteiger partial charge in [0.2, 0.25) is 0 Å². The fourth-order valence-corrected chi connectivity index (χ4v) is 2.27. The Hall–Kier alpha value is -3.13. The number of allylic oxidation sites excluding steroid dienone is 3. The second-order valence-electron chi connectivity index (χ2n) is 6.37. The third kappa shape index (κ3) is 8.91. The van der Waals surface area contributed by atoms with Crippen LogP contribution < -0.4 is 10.1 Å². The molecule has 0 spiro atoms. The maximum atomic E-state index is 12.3. The zero-order chi connectivity index (χ0) is 22.7. The highest BCUT2D eigenvalue weighted by Gasteiger charge is 2.30. The van der Waals surface area contributed by atoms with Gasteiger partial charge in [-0.05, 0) is 56.0 Å². The van der Waals surface area contributed by atoms with Crippen LogP contribution in [0.2, 0.25) is 0 Å². The first kappa shape index (κ1) is 24.9. The summed E-state index contributed by atoms with van der Waals surface area (Å²) in [5.74, 6) is -0.0692. The van der Waals surface area contributed by atoms with Crippen LogP contribution in [0, 0.1) is 0 Å². The number of aliphatic imine (C=N–C) groups is 2. The molecule has 1 atom stereocenters. The standard InChI is InChI=1S/C22H26F3N3O2/c1-6-16(8-7-15(2)3)20(29)14-28-21(27-5)13-19(26-4)17-9-11-18(12-10-17)30-22(23,24)25/h6-13,20,26,29H,1,5,14H2,2-4H3/b16-8+,19-13?,28-21?. The minimum atomic E-state index is -4.75. The molecule has 1 aromatic rings. The van der Waals surface area contributed by atoms with Gasteiger partial charge in [-0.15, -0.1) is 13.2 Å². The number of halogens is 3. The van der Waals surface area contributed by atoms with Crippen LogP contribution in [0.5, 0.6) is 5.75 Å². The maximum Gasteiger partial charge on any atom is 0.573 e. The van der Waals surface area contributed by atoms with Crippen LogP contribution in [0.15, 0.2) is 76.3 Å². The van der Waals surface area contributed by atoms with Gasteiger partial charge in [0.25, 0.3) is 0 Å². The Morgan fingerprint density at radius 2 is 1.87 bits per heavy atom. The molecule has 0 amide bonds. The number of nitrogens with zero attached hydrogens (tertiary/aromatic N) is 2. The van der Waals surface area contributed by atoms with E-state index in [0.717, 1.165) is 5.57 Å². The molecule has 2 N–H and O–H groups in total. The van der Waals surface area contributed by atoms with Gasteiger partial charge in [-0.1, -0.05) is 30.4 Å². The van der Waals surface area contributed by atoms with Crippen LogP contribution in [0.4, 0.5) is 13.2 Å². The fraction of sp³-hybridized carbons (Fsp3) is 0.273. The normalized spacial score (nSPS) is 14.0. The highest BCUT2D eigenvalue weighted by atomic mass is 19.4. The molecule has 0 aliphatic heterocycles. The first-order valence-corrected chi connectivity index (χ1v) is 9.02. The lowest BCUT2D eigenvalue weighted by molar-refractivity contribution is -0.274. The number of nitrogens with one attached hydrogen (secondary N) is 1. The van der Waals surface area contributed by atoms with Crippen LogP contribution in [-0.2, 0) is 0 Å². The number of alkyl halides is 3. The Bertz CT molecular complexity index is 847. The minimum absolute atomic E-state index is 0.0364. The number of benzene rings is 1. The van der Waals surface area contributed by atoms with Gasteiger partial charge in [-0.3, -0.25) is 4.99 Å². The van der Waals surface area contributed by atoms with Crippen LogP contribution in [0.1, 0.15) is 19.4 Å².